The molecule has 0 saturated carbocycles. The normalized spacial score (nSPS) is 15.9. The van der Waals surface area contributed by atoms with Crippen LogP contribution in [0.25, 0.3) is 0 Å². The summed E-state index contributed by atoms with van der Waals surface area (Å²) < 4.78 is 0. The van der Waals surface area contributed by atoms with Gasteiger partial charge in [-0.25, -0.2) is 0 Å². The van der Waals surface area contributed by atoms with E-state index in [-0.39, 0.29) is 0 Å². The van der Waals surface area contributed by atoms with E-state index in [1.807, 2.05) is 0 Å². The lowest BCUT2D eigenvalue weighted by Gasteiger charge is -2.27. The molecule has 0 aromatic carbocycles. The zero-order valence-electron chi connectivity index (χ0n) is 13.1. The summed E-state index contributed by atoms with van der Waals surface area (Å²) in [7, 11) is 4.37. The van der Waals surface area contributed by atoms with Crippen molar-refractivity contribution >= 4 is 0 Å². The Labute approximate surface area is 109 Å². The average molecular weight is 242 g/mol. The highest BCUT2D eigenvalue weighted by molar-refractivity contribution is 4.72. The quantitative estimate of drug-likeness (QED) is 0.668. The Hall–Kier alpha value is -0.0800. The van der Waals surface area contributed by atoms with Gasteiger partial charge in [0, 0.05) is 12.6 Å². The van der Waals surface area contributed by atoms with Gasteiger partial charge in [0.1, 0.15) is 0 Å². The highest BCUT2D eigenvalue weighted by Crippen LogP contribution is 2.11. The second-order valence-electron chi connectivity index (χ2n) is 6.64. The molecule has 2 heteroatoms. The molecule has 2 unspecified atom stereocenters. The van der Waals surface area contributed by atoms with E-state index in [9.17, 15) is 0 Å². The lowest BCUT2D eigenvalue weighted by Crippen LogP contribution is -2.40. The Bertz CT molecular complexity index is 176. The van der Waals surface area contributed by atoms with Crippen LogP contribution in [0.4, 0.5) is 0 Å². The molecule has 2 nitrogen and oxygen atoms in total. The fourth-order valence-electron chi connectivity index (χ4n) is 2.41. The van der Waals surface area contributed by atoms with Gasteiger partial charge in [-0.05, 0) is 51.2 Å². The Morgan fingerprint density at radius 2 is 1.35 bits per heavy atom. The van der Waals surface area contributed by atoms with Crippen LogP contribution < -0.4 is 5.32 Å². The second-order valence-corrected chi connectivity index (χ2v) is 6.64. The molecule has 0 fully saturated rings. The van der Waals surface area contributed by atoms with Crippen LogP contribution in [0, 0.1) is 17.8 Å². The number of likely N-dealkylation sites (N-methyl/N-ethyl adjacent to an activating group) is 1. The van der Waals surface area contributed by atoms with Crippen molar-refractivity contribution in [2.45, 2.75) is 53.5 Å². The van der Waals surface area contributed by atoms with Crippen LogP contribution in [-0.2, 0) is 0 Å². The van der Waals surface area contributed by atoms with Crippen LogP contribution in [0.5, 0.6) is 0 Å². The second kappa shape index (κ2) is 8.93. The number of nitrogens with zero attached hydrogens (tertiary/aromatic N) is 1. The van der Waals surface area contributed by atoms with Gasteiger partial charge in [0.2, 0.25) is 0 Å². The van der Waals surface area contributed by atoms with Gasteiger partial charge >= 0.3 is 0 Å². The molecule has 1 N–H and O–H groups in total. The molecule has 0 heterocycles. The van der Waals surface area contributed by atoms with Gasteiger partial charge in [-0.15, -0.1) is 0 Å². The summed E-state index contributed by atoms with van der Waals surface area (Å²) in [5.41, 5.74) is 0. The maximum absolute atomic E-state index is 3.64. The number of nitrogens with one attached hydrogen (secondary N) is 1. The molecule has 0 aliphatic heterocycles. The zero-order valence-corrected chi connectivity index (χ0v) is 13.1. The van der Waals surface area contributed by atoms with E-state index >= 15 is 0 Å². The maximum atomic E-state index is 3.64. The molecular formula is C15H34N2. The Morgan fingerprint density at radius 1 is 0.824 bits per heavy atom. The minimum atomic E-state index is 0.668. The first kappa shape index (κ1) is 16.9. The van der Waals surface area contributed by atoms with Crippen molar-refractivity contribution in [1.82, 2.24) is 10.2 Å². The molecule has 0 aliphatic rings. The third-order valence-electron chi connectivity index (χ3n) is 3.22. The van der Waals surface area contributed by atoms with E-state index in [1.54, 1.807) is 0 Å². The summed E-state index contributed by atoms with van der Waals surface area (Å²) >= 11 is 0. The third kappa shape index (κ3) is 9.61. The summed E-state index contributed by atoms with van der Waals surface area (Å²) in [6, 6.07) is 0.668. The van der Waals surface area contributed by atoms with E-state index in [0.29, 0.717) is 6.04 Å². The van der Waals surface area contributed by atoms with Crippen molar-refractivity contribution in [3.8, 4) is 0 Å². The lowest BCUT2D eigenvalue weighted by atomic mass is 9.98. The van der Waals surface area contributed by atoms with Gasteiger partial charge in [-0.2, -0.15) is 0 Å². The van der Waals surface area contributed by atoms with Gasteiger partial charge in [0.15, 0.2) is 0 Å². The van der Waals surface area contributed by atoms with Gasteiger partial charge in [-0.3, -0.25) is 0 Å². The predicted octanol–water partition coefficient (Wildman–Crippen LogP) is 3.23. The highest BCUT2D eigenvalue weighted by atomic mass is 15.1. The van der Waals surface area contributed by atoms with Crippen molar-refractivity contribution in [2.24, 2.45) is 17.8 Å². The maximum Gasteiger partial charge on any atom is 0.0216 e. The summed E-state index contributed by atoms with van der Waals surface area (Å²) in [4.78, 5) is 2.35. The molecule has 0 aliphatic carbocycles. The molecule has 2 atom stereocenters. The predicted molar refractivity (Wildman–Crippen MR) is 78.4 cm³/mol. The SMILES string of the molecule is CC(C)CC(C)CNCC(CC(C)C)N(C)C. The van der Waals surface area contributed by atoms with Crippen LogP contribution >= 0.6 is 0 Å². The fraction of sp³-hybridized carbons (Fsp3) is 1.00. The topological polar surface area (TPSA) is 15.3 Å². The van der Waals surface area contributed by atoms with E-state index < -0.39 is 0 Å². The van der Waals surface area contributed by atoms with E-state index in [2.05, 4.69) is 58.9 Å². The Balaban J connectivity index is 3.81. The van der Waals surface area contributed by atoms with E-state index in [1.165, 1.54) is 12.8 Å². The van der Waals surface area contributed by atoms with Crippen LogP contribution in [0.1, 0.15) is 47.5 Å². The summed E-state index contributed by atoms with van der Waals surface area (Å²) in [6.07, 6.45) is 2.60. The standard InChI is InChI=1S/C15H34N2/c1-12(2)8-14(5)10-16-11-15(17(6)7)9-13(3)4/h12-16H,8-11H2,1-7H3. The Morgan fingerprint density at radius 3 is 1.76 bits per heavy atom. The minimum absolute atomic E-state index is 0.668. The van der Waals surface area contributed by atoms with Crippen LogP contribution in [-0.4, -0.2) is 38.1 Å². The number of hydrogen-bond acceptors (Lipinski definition) is 2. The molecule has 0 rings (SSSR count). The van der Waals surface area contributed by atoms with Crippen molar-refractivity contribution in [1.29, 1.82) is 0 Å². The largest absolute Gasteiger partial charge is 0.315 e. The number of rotatable bonds is 9. The van der Waals surface area contributed by atoms with Gasteiger partial charge < -0.3 is 10.2 Å². The van der Waals surface area contributed by atoms with Gasteiger partial charge in [0.25, 0.3) is 0 Å². The molecule has 0 radical (unpaired) electrons. The van der Waals surface area contributed by atoms with Crippen molar-refractivity contribution in [3.63, 3.8) is 0 Å². The van der Waals surface area contributed by atoms with E-state index in [4.69, 9.17) is 0 Å². The minimum Gasteiger partial charge on any atom is -0.315 e. The smallest absolute Gasteiger partial charge is 0.0216 e. The first-order chi connectivity index (χ1) is 7.82. The van der Waals surface area contributed by atoms with Gasteiger partial charge in [-0.1, -0.05) is 34.6 Å². The fourth-order valence-corrected chi connectivity index (χ4v) is 2.41. The van der Waals surface area contributed by atoms with E-state index in [0.717, 1.165) is 30.8 Å². The molecule has 0 saturated heterocycles. The summed E-state index contributed by atoms with van der Waals surface area (Å²) in [5.74, 6) is 2.38. The van der Waals surface area contributed by atoms with Crippen LogP contribution in [0.15, 0.2) is 0 Å². The highest BCUT2D eigenvalue weighted by Gasteiger charge is 2.13. The van der Waals surface area contributed by atoms with Crippen molar-refractivity contribution in [2.75, 3.05) is 27.2 Å². The molecule has 0 aromatic heterocycles. The van der Waals surface area contributed by atoms with Crippen LogP contribution in [0.3, 0.4) is 0 Å². The molecule has 0 bridgehead atoms. The zero-order chi connectivity index (χ0) is 13.4. The van der Waals surface area contributed by atoms with Gasteiger partial charge in [0.05, 0.1) is 0 Å². The summed E-state index contributed by atoms with van der Waals surface area (Å²) in [6.45, 7) is 13.8. The third-order valence-corrected chi connectivity index (χ3v) is 3.22. The lowest BCUT2D eigenvalue weighted by molar-refractivity contribution is 0.242. The van der Waals surface area contributed by atoms with Crippen LogP contribution in [0.2, 0.25) is 0 Å². The molecule has 0 amide bonds. The molecule has 0 aromatic rings. The first-order valence-electron chi connectivity index (χ1n) is 7.20. The molecular weight excluding hydrogens is 208 g/mol. The molecule has 17 heavy (non-hydrogen) atoms. The first-order valence-corrected chi connectivity index (χ1v) is 7.20. The summed E-state index contributed by atoms with van der Waals surface area (Å²) in [5, 5.41) is 3.64. The Kier molecular flexibility index (Phi) is 8.89. The molecule has 0 spiro atoms. The monoisotopic (exact) mass is 242 g/mol. The van der Waals surface area contributed by atoms with Crippen molar-refractivity contribution < 1.29 is 0 Å². The van der Waals surface area contributed by atoms with Crippen molar-refractivity contribution in [3.05, 3.63) is 0 Å². The molecule has 104 valence electrons. The average Bonchev–Trinajstić information content (AvgIpc) is 2.13. The number of hydrogen-bond donors (Lipinski definition) is 1.